The molecule has 1 heterocycles. The van der Waals surface area contributed by atoms with Gasteiger partial charge in [0.25, 0.3) is 0 Å². The topological polar surface area (TPSA) is 34.1 Å². The third-order valence-corrected chi connectivity index (χ3v) is 3.41. The molecule has 0 radical (unpaired) electrons. The van der Waals surface area contributed by atoms with Gasteiger partial charge in [-0.3, -0.25) is 4.98 Å². The summed E-state index contributed by atoms with van der Waals surface area (Å²) in [5.74, 6) is 0.908. The monoisotopic (exact) mass is 334 g/mol. The van der Waals surface area contributed by atoms with Crippen LogP contribution in [-0.4, -0.2) is 17.6 Å². The van der Waals surface area contributed by atoms with E-state index in [1.54, 1.807) is 0 Å². The van der Waals surface area contributed by atoms with E-state index in [0.29, 0.717) is 6.61 Å². The highest BCUT2D eigenvalue weighted by molar-refractivity contribution is 9.10. The minimum atomic E-state index is 0.266. The fourth-order valence-corrected chi connectivity index (χ4v) is 1.94. The van der Waals surface area contributed by atoms with Gasteiger partial charge in [0.2, 0.25) is 0 Å². The van der Waals surface area contributed by atoms with Crippen molar-refractivity contribution >= 4 is 15.9 Å². The zero-order valence-corrected chi connectivity index (χ0v) is 13.4. The van der Waals surface area contributed by atoms with Crippen LogP contribution >= 0.6 is 15.9 Å². The number of hydrogen-bond donors (Lipinski definition) is 1. The molecular weight excluding hydrogens is 316 g/mol. The number of pyridine rings is 1. The van der Waals surface area contributed by atoms with Gasteiger partial charge in [-0.15, -0.1) is 0 Å². The van der Waals surface area contributed by atoms with E-state index in [9.17, 15) is 0 Å². The van der Waals surface area contributed by atoms with Crippen molar-refractivity contribution in [2.45, 2.75) is 26.4 Å². The van der Waals surface area contributed by atoms with Gasteiger partial charge in [0, 0.05) is 23.3 Å². The molecule has 0 aliphatic rings. The number of ether oxygens (including phenoxy) is 1. The van der Waals surface area contributed by atoms with E-state index in [2.05, 4.69) is 52.2 Å². The Hall–Kier alpha value is -1.39. The number of aromatic nitrogens is 1. The summed E-state index contributed by atoms with van der Waals surface area (Å²) in [6.07, 6.45) is 1.81. The maximum atomic E-state index is 5.74. The van der Waals surface area contributed by atoms with E-state index in [4.69, 9.17) is 4.74 Å². The summed E-state index contributed by atoms with van der Waals surface area (Å²) in [5.41, 5.74) is 2.26. The second kappa shape index (κ2) is 7.41. The van der Waals surface area contributed by atoms with Crippen molar-refractivity contribution in [3.05, 3.63) is 58.3 Å². The molecule has 0 fully saturated rings. The van der Waals surface area contributed by atoms with Gasteiger partial charge in [0.05, 0.1) is 5.69 Å². The first-order chi connectivity index (χ1) is 9.63. The van der Waals surface area contributed by atoms with Crippen LogP contribution in [0.25, 0.3) is 0 Å². The number of nitrogens with one attached hydrogen (secondary N) is 1. The number of benzene rings is 1. The molecule has 4 heteroatoms. The van der Waals surface area contributed by atoms with E-state index < -0.39 is 0 Å². The molecule has 0 bridgehead atoms. The first kappa shape index (κ1) is 15.0. The number of aryl methyl sites for hydroxylation is 1. The predicted octanol–water partition coefficient (Wildman–Crippen LogP) is 3.71. The number of hydrogen-bond acceptors (Lipinski definition) is 3. The van der Waals surface area contributed by atoms with Crippen LogP contribution in [0.4, 0.5) is 0 Å². The lowest BCUT2D eigenvalue weighted by atomic mass is 10.2. The van der Waals surface area contributed by atoms with E-state index in [1.165, 1.54) is 5.56 Å². The first-order valence-corrected chi connectivity index (χ1v) is 7.46. The van der Waals surface area contributed by atoms with Crippen molar-refractivity contribution in [2.75, 3.05) is 6.61 Å². The van der Waals surface area contributed by atoms with E-state index >= 15 is 0 Å². The third-order valence-electron chi connectivity index (χ3n) is 2.94. The predicted molar refractivity (Wildman–Crippen MR) is 84.9 cm³/mol. The zero-order chi connectivity index (χ0) is 14.4. The van der Waals surface area contributed by atoms with Gasteiger partial charge in [-0.05, 0) is 54.0 Å². The molecule has 106 valence electrons. The van der Waals surface area contributed by atoms with Crippen LogP contribution in [0.1, 0.15) is 18.2 Å². The Balaban J connectivity index is 1.73. The van der Waals surface area contributed by atoms with Crippen molar-refractivity contribution in [3.63, 3.8) is 0 Å². The van der Waals surface area contributed by atoms with Crippen molar-refractivity contribution in [1.29, 1.82) is 0 Å². The normalized spacial score (nSPS) is 12.2. The van der Waals surface area contributed by atoms with E-state index in [-0.39, 0.29) is 6.04 Å². The van der Waals surface area contributed by atoms with Crippen LogP contribution < -0.4 is 10.1 Å². The van der Waals surface area contributed by atoms with Crippen LogP contribution in [-0.2, 0) is 6.54 Å². The summed E-state index contributed by atoms with van der Waals surface area (Å²) in [5, 5.41) is 3.40. The molecule has 0 spiro atoms. The maximum absolute atomic E-state index is 5.74. The van der Waals surface area contributed by atoms with Gasteiger partial charge in [-0.1, -0.05) is 17.7 Å². The quantitative estimate of drug-likeness (QED) is 0.874. The second-order valence-corrected chi connectivity index (χ2v) is 5.79. The third kappa shape index (κ3) is 4.94. The Bertz CT molecular complexity index is 476. The molecule has 0 saturated heterocycles. The largest absolute Gasteiger partial charge is 0.492 e. The molecule has 1 unspecified atom stereocenters. The second-order valence-electron chi connectivity index (χ2n) is 4.87. The molecule has 1 atom stereocenters. The molecule has 0 aliphatic carbocycles. The Labute approximate surface area is 128 Å². The maximum Gasteiger partial charge on any atom is 0.119 e. The van der Waals surface area contributed by atoms with Gasteiger partial charge in [-0.25, -0.2) is 0 Å². The van der Waals surface area contributed by atoms with E-state index in [1.807, 2.05) is 30.5 Å². The van der Waals surface area contributed by atoms with Crippen molar-refractivity contribution in [1.82, 2.24) is 10.3 Å². The highest BCUT2D eigenvalue weighted by atomic mass is 79.9. The van der Waals surface area contributed by atoms with Crippen LogP contribution in [0.2, 0.25) is 0 Å². The Morgan fingerprint density at radius 1 is 1.20 bits per heavy atom. The lowest BCUT2D eigenvalue weighted by Crippen LogP contribution is -2.31. The van der Waals surface area contributed by atoms with Crippen molar-refractivity contribution in [2.24, 2.45) is 0 Å². The highest BCUT2D eigenvalue weighted by Crippen LogP contribution is 2.11. The van der Waals surface area contributed by atoms with Gasteiger partial charge in [0.15, 0.2) is 0 Å². The summed E-state index contributed by atoms with van der Waals surface area (Å²) in [7, 11) is 0. The average molecular weight is 335 g/mol. The minimum absolute atomic E-state index is 0.266. The van der Waals surface area contributed by atoms with Crippen molar-refractivity contribution < 1.29 is 4.74 Å². The Kier molecular flexibility index (Phi) is 5.56. The minimum Gasteiger partial charge on any atom is -0.492 e. The lowest BCUT2D eigenvalue weighted by molar-refractivity contribution is 0.272. The fourth-order valence-electron chi connectivity index (χ4n) is 1.70. The molecule has 1 aromatic heterocycles. The van der Waals surface area contributed by atoms with Gasteiger partial charge < -0.3 is 10.1 Å². The molecular formula is C16H19BrN2O. The summed E-state index contributed by atoms with van der Waals surface area (Å²) < 4.78 is 6.74. The summed E-state index contributed by atoms with van der Waals surface area (Å²) in [6.45, 7) is 5.55. The van der Waals surface area contributed by atoms with Gasteiger partial charge in [0.1, 0.15) is 12.4 Å². The molecule has 0 amide bonds. The summed E-state index contributed by atoms with van der Waals surface area (Å²) in [6, 6.07) is 12.4. The standard InChI is InChI=1S/C16H19BrN2O/c1-12-3-7-16(8-4-12)20-11-13(2)18-10-15-6-5-14(17)9-19-15/h3-9,13,18H,10-11H2,1-2H3. The van der Waals surface area contributed by atoms with Crippen LogP contribution in [0.3, 0.4) is 0 Å². The molecule has 2 aromatic rings. The van der Waals surface area contributed by atoms with Crippen LogP contribution in [0.15, 0.2) is 47.1 Å². The van der Waals surface area contributed by atoms with Gasteiger partial charge >= 0.3 is 0 Å². The molecule has 0 saturated carbocycles. The smallest absolute Gasteiger partial charge is 0.119 e. The Morgan fingerprint density at radius 3 is 2.60 bits per heavy atom. The fraction of sp³-hybridized carbons (Fsp3) is 0.312. The summed E-state index contributed by atoms with van der Waals surface area (Å²) in [4.78, 5) is 4.33. The van der Waals surface area contributed by atoms with E-state index in [0.717, 1.165) is 22.5 Å². The molecule has 1 aromatic carbocycles. The number of nitrogens with zero attached hydrogens (tertiary/aromatic N) is 1. The van der Waals surface area contributed by atoms with Gasteiger partial charge in [-0.2, -0.15) is 0 Å². The molecule has 3 nitrogen and oxygen atoms in total. The summed E-state index contributed by atoms with van der Waals surface area (Å²) >= 11 is 3.38. The molecule has 0 aliphatic heterocycles. The number of rotatable bonds is 6. The lowest BCUT2D eigenvalue weighted by Gasteiger charge is -2.15. The van der Waals surface area contributed by atoms with Crippen molar-refractivity contribution in [3.8, 4) is 5.75 Å². The number of halogens is 1. The van der Waals surface area contributed by atoms with Crippen LogP contribution in [0, 0.1) is 6.92 Å². The molecule has 1 N–H and O–H groups in total. The average Bonchev–Trinajstić information content (AvgIpc) is 2.46. The van der Waals surface area contributed by atoms with Crippen LogP contribution in [0.5, 0.6) is 5.75 Å². The highest BCUT2D eigenvalue weighted by Gasteiger charge is 2.03. The first-order valence-electron chi connectivity index (χ1n) is 6.67. The Morgan fingerprint density at radius 2 is 1.95 bits per heavy atom. The zero-order valence-electron chi connectivity index (χ0n) is 11.8. The molecule has 2 rings (SSSR count). The SMILES string of the molecule is Cc1ccc(OCC(C)NCc2ccc(Br)cn2)cc1. The molecule has 20 heavy (non-hydrogen) atoms.